The minimum absolute atomic E-state index is 1.25. The van der Waals surface area contributed by atoms with Gasteiger partial charge in [0.05, 0.1) is 0 Å². The van der Waals surface area contributed by atoms with Crippen LogP contribution in [0.15, 0.2) is 0 Å². The summed E-state index contributed by atoms with van der Waals surface area (Å²) in [5, 5.41) is 0. The molecule has 0 rings (SSSR count). The summed E-state index contributed by atoms with van der Waals surface area (Å²) in [6.07, 6.45) is 1.25. The van der Waals surface area contributed by atoms with E-state index in [1.54, 1.807) is 0 Å². The first kappa shape index (κ1) is 25.5. The molecule has 16 heavy (non-hydrogen) atoms. The number of hydrogen-bond donors (Lipinski definition) is 0. The van der Waals surface area contributed by atoms with Crippen molar-refractivity contribution in [3.05, 3.63) is 0 Å². The Balaban J connectivity index is -0.0000000864. The summed E-state index contributed by atoms with van der Waals surface area (Å²) in [5.74, 6) is 0. The third kappa shape index (κ3) is 17.1. The van der Waals surface area contributed by atoms with Crippen LogP contribution in [0.5, 0.6) is 0 Å². The Kier molecular flexibility index (Phi) is 28.9. The number of rotatable bonds is 2. The van der Waals surface area contributed by atoms with E-state index in [2.05, 4.69) is 58.2 Å². The molecule has 0 aliphatic heterocycles. The first-order valence-electron chi connectivity index (χ1n) is 6.65. The molecule has 0 fully saturated rings. The molecule has 0 unspecified atom stereocenters. The van der Waals surface area contributed by atoms with Gasteiger partial charge in [-0.15, -0.1) is 0 Å². The SMILES string of the molecule is CC.CC.CCC.C[N](C)[Sn]([CH3])([CH3])[N](C)C. The molecule has 0 aliphatic carbocycles. The van der Waals surface area contributed by atoms with Crippen LogP contribution >= 0.6 is 0 Å². The zero-order valence-electron chi connectivity index (χ0n) is 14.1. The molecule has 0 aromatic heterocycles. The second-order valence-electron chi connectivity index (χ2n) is 3.99. The summed E-state index contributed by atoms with van der Waals surface area (Å²) >= 11 is -1.89. The Labute approximate surface area is 111 Å². The van der Waals surface area contributed by atoms with Crippen LogP contribution in [-0.4, -0.2) is 53.4 Å². The van der Waals surface area contributed by atoms with Crippen molar-refractivity contribution in [2.75, 3.05) is 28.2 Å². The van der Waals surface area contributed by atoms with Crippen LogP contribution in [0.4, 0.5) is 0 Å². The molecule has 0 saturated heterocycles. The fourth-order valence-corrected chi connectivity index (χ4v) is 2.68. The van der Waals surface area contributed by atoms with Crippen molar-refractivity contribution >= 4 is 18.9 Å². The van der Waals surface area contributed by atoms with Gasteiger partial charge >= 0.3 is 63.2 Å². The summed E-state index contributed by atoms with van der Waals surface area (Å²) in [5.41, 5.74) is 0. The summed E-state index contributed by atoms with van der Waals surface area (Å²) in [6, 6.07) is 0. The zero-order valence-corrected chi connectivity index (χ0v) is 17.0. The summed E-state index contributed by atoms with van der Waals surface area (Å²) in [6.45, 7) is 12.2. The molecule has 104 valence electrons. The molecular formula is C13H38N2Sn. The van der Waals surface area contributed by atoms with Crippen LogP contribution in [0.1, 0.15) is 48.0 Å². The second-order valence-corrected chi connectivity index (χ2v) is 17.6. The van der Waals surface area contributed by atoms with Gasteiger partial charge in [-0.05, 0) is 0 Å². The first-order valence-corrected chi connectivity index (χ1v) is 14.9. The van der Waals surface area contributed by atoms with E-state index < -0.39 is 18.9 Å². The van der Waals surface area contributed by atoms with E-state index in [0.717, 1.165) is 0 Å². The average Bonchev–Trinajstić information content (AvgIpc) is 2.24. The number of hydrogen-bond acceptors (Lipinski definition) is 2. The molecule has 0 heterocycles. The molecular weight excluding hydrogens is 303 g/mol. The van der Waals surface area contributed by atoms with Gasteiger partial charge in [0.25, 0.3) is 0 Å². The quantitative estimate of drug-likeness (QED) is 0.692. The van der Waals surface area contributed by atoms with Gasteiger partial charge in [0.2, 0.25) is 0 Å². The predicted octanol–water partition coefficient (Wildman–Crippen LogP) is 4.28. The Morgan fingerprint density at radius 1 is 0.688 bits per heavy atom. The molecule has 0 aromatic rings. The maximum absolute atomic E-state index is 2.40. The van der Waals surface area contributed by atoms with E-state index in [1.807, 2.05) is 27.7 Å². The van der Waals surface area contributed by atoms with Crippen molar-refractivity contribution in [1.82, 2.24) is 6.24 Å². The van der Waals surface area contributed by atoms with E-state index >= 15 is 0 Å². The van der Waals surface area contributed by atoms with E-state index in [9.17, 15) is 0 Å². The van der Waals surface area contributed by atoms with Crippen LogP contribution in [0.25, 0.3) is 0 Å². The van der Waals surface area contributed by atoms with Gasteiger partial charge < -0.3 is 0 Å². The fourth-order valence-electron chi connectivity index (χ4n) is 0.400. The van der Waals surface area contributed by atoms with Gasteiger partial charge in [-0.2, -0.15) is 0 Å². The molecule has 0 saturated carbocycles. The summed E-state index contributed by atoms with van der Waals surface area (Å²) < 4.78 is 4.80. The van der Waals surface area contributed by atoms with Crippen molar-refractivity contribution in [3.63, 3.8) is 0 Å². The van der Waals surface area contributed by atoms with E-state index in [0.29, 0.717) is 0 Å². The molecule has 0 radical (unpaired) electrons. The average molecular weight is 341 g/mol. The van der Waals surface area contributed by atoms with Gasteiger partial charge in [0.1, 0.15) is 0 Å². The minimum atomic E-state index is -1.89. The molecule has 3 heteroatoms. The van der Waals surface area contributed by atoms with E-state index in [4.69, 9.17) is 0 Å². The second kappa shape index (κ2) is 18.1. The predicted molar refractivity (Wildman–Crippen MR) is 83.5 cm³/mol. The monoisotopic (exact) mass is 342 g/mol. The Morgan fingerprint density at radius 2 is 0.812 bits per heavy atom. The van der Waals surface area contributed by atoms with Crippen molar-refractivity contribution in [1.29, 1.82) is 0 Å². The maximum atomic E-state index is 2.40. The third-order valence-corrected chi connectivity index (χ3v) is 14.7. The van der Waals surface area contributed by atoms with Crippen molar-refractivity contribution in [2.24, 2.45) is 0 Å². The Morgan fingerprint density at radius 3 is 0.812 bits per heavy atom. The van der Waals surface area contributed by atoms with Crippen molar-refractivity contribution in [3.8, 4) is 0 Å². The molecule has 0 spiro atoms. The van der Waals surface area contributed by atoms with Crippen molar-refractivity contribution < 1.29 is 0 Å². The van der Waals surface area contributed by atoms with Crippen LogP contribution in [0.3, 0.4) is 0 Å². The summed E-state index contributed by atoms with van der Waals surface area (Å²) in [7, 11) is 8.71. The number of nitrogens with zero attached hydrogens (tertiary/aromatic N) is 2. The molecule has 0 aromatic carbocycles. The van der Waals surface area contributed by atoms with Gasteiger partial charge in [0, 0.05) is 0 Å². The molecule has 2 nitrogen and oxygen atoms in total. The molecule has 0 atom stereocenters. The summed E-state index contributed by atoms with van der Waals surface area (Å²) in [4.78, 5) is 4.80. The van der Waals surface area contributed by atoms with Crippen molar-refractivity contribution in [2.45, 2.75) is 57.8 Å². The third-order valence-electron chi connectivity index (χ3n) is 2.19. The Hall–Kier alpha value is 0.719. The van der Waals surface area contributed by atoms with Crippen LogP contribution in [-0.2, 0) is 0 Å². The first-order chi connectivity index (χ1) is 7.30. The van der Waals surface area contributed by atoms with Crippen LogP contribution in [0.2, 0.25) is 9.88 Å². The molecule has 0 aliphatic rings. The standard InChI is InChI=1S/C3H8.2C2H6N.2C2H6.2CH3.Sn/c3*1-3-2;2*1-2;;;/h3H2,1-2H3;2*1-2H3;2*1-2H3;2*1H3;/q;2*-1;;;;;+2. The molecule has 0 amide bonds. The van der Waals surface area contributed by atoms with E-state index in [1.165, 1.54) is 6.42 Å². The van der Waals surface area contributed by atoms with Gasteiger partial charge in [-0.25, -0.2) is 0 Å². The van der Waals surface area contributed by atoms with Gasteiger partial charge in [0.15, 0.2) is 0 Å². The van der Waals surface area contributed by atoms with Crippen LogP contribution < -0.4 is 0 Å². The van der Waals surface area contributed by atoms with Crippen LogP contribution in [0, 0.1) is 0 Å². The Bertz CT molecular complexity index is 92.1. The molecule has 0 N–H and O–H groups in total. The molecule has 0 bridgehead atoms. The zero-order chi connectivity index (χ0) is 14.4. The fraction of sp³-hybridized carbons (Fsp3) is 1.00. The van der Waals surface area contributed by atoms with Gasteiger partial charge in [-0.1, -0.05) is 48.0 Å². The van der Waals surface area contributed by atoms with E-state index in [-0.39, 0.29) is 0 Å². The topological polar surface area (TPSA) is 6.48 Å². The normalized spacial score (nSPS) is 9.38. The van der Waals surface area contributed by atoms with Gasteiger partial charge in [-0.3, -0.25) is 0 Å².